The van der Waals surface area contributed by atoms with Crippen molar-refractivity contribution in [2.45, 2.75) is 32.5 Å². The molecule has 1 atom stereocenters. The van der Waals surface area contributed by atoms with Crippen molar-refractivity contribution in [3.05, 3.63) is 63.8 Å². The summed E-state index contributed by atoms with van der Waals surface area (Å²) in [6, 6.07) is 7.69. The molecule has 2 N–H and O–H groups in total. The summed E-state index contributed by atoms with van der Waals surface area (Å²) in [5.74, 6) is -0.924. The summed E-state index contributed by atoms with van der Waals surface area (Å²) in [5.41, 5.74) is -0.107. The Labute approximate surface area is 162 Å². The first-order valence-electron chi connectivity index (χ1n) is 9.30. The largest absolute Gasteiger partial charge is 0.503 e. The molecular weight excluding hydrogens is 365 g/mol. The van der Waals surface area contributed by atoms with Gasteiger partial charge in [-0.3, -0.25) is 4.79 Å². The number of ether oxygens (including phenoxy) is 1. The van der Waals surface area contributed by atoms with Crippen LogP contribution in [0.4, 0.5) is 9.18 Å². The Morgan fingerprint density at radius 2 is 2.11 bits per heavy atom. The minimum Gasteiger partial charge on any atom is -0.503 e. The number of carbonyl (C=O) groups is 1. The van der Waals surface area contributed by atoms with Crippen molar-refractivity contribution in [1.29, 1.82) is 0 Å². The fourth-order valence-electron chi connectivity index (χ4n) is 3.24. The van der Waals surface area contributed by atoms with Gasteiger partial charge in [0.1, 0.15) is 12.4 Å². The number of nitrogens with one attached hydrogen (secondary N) is 1. The molecule has 0 radical (unpaired) electrons. The van der Waals surface area contributed by atoms with E-state index in [0.717, 1.165) is 6.42 Å². The molecule has 2 aromatic rings. The second kappa shape index (κ2) is 8.88. The summed E-state index contributed by atoms with van der Waals surface area (Å²) in [7, 11) is 0. The molecular formula is C20H24FN3O4. The van der Waals surface area contributed by atoms with Crippen LogP contribution in [0.2, 0.25) is 0 Å². The summed E-state index contributed by atoms with van der Waals surface area (Å²) in [5, 5.41) is 13.4. The topological polar surface area (TPSA) is 83.8 Å². The number of aromatic hydroxyl groups is 1. The van der Waals surface area contributed by atoms with E-state index in [9.17, 15) is 19.1 Å². The standard InChI is InChI=1S/C20H24FN3O4/c1-2-16-11-22-8-10-24(16)20(27)28-13-15-7-9-23(19(26)18(15)25)12-14-5-3-4-6-17(14)21/h3-7,9,16,22,25H,2,8,10-13H2,1H3. The minimum absolute atomic E-state index is 0.00189. The van der Waals surface area contributed by atoms with Crippen molar-refractivity contribution in [1.82, 2.24) is 14.8 Å². The summed E-state index contributed by atoms with van der Waals surface area (Å²) >= 11 is 0. The number of piperazine rings is 1. The zero-order valence-electron chi connectivity index (χ0n) is 15.7. The van der Waals surface area contributed by atoms with E-state index >= 15 is 0 Å². The lowest BCUT2D eigenvalue weighted by molar-refractivity contribution is 0.0708. The molecule has 1 aromatic heterocycles. The van der Waals surface area contributed by atoms with Crippen LogP contribution in [0.5, 0.6) is 5.75 Å². The second-order valence-corrected chi connectivity index (χ2v) is 6.73. The molecule has 0 saturated carbocycles. The number of rotatable bonds is 5. The molecule has 28 heavy (non-hydrogen) atoms. The molecule has 0 aliphatic carbocycles. The van der Waals surface area contributed by atoms with Crippen LogP contribution in [-0.2, 0) is 17.9 Å². The van der Waals surface area contributed by atoms with Crippen LogP contribution in [0, 0.1) is 5.82 Å². The molecule has 1 unspecified atom stereocenters. The van der Waals surface area contributed by atoms with Gasteiger partial charge in [0.2, 0.25) is 0 Å². The van der Waals surface area contributed by atoms with Gasteiger partial charge in [0.25, 0.3) is 5.56 Å². The van der Waals surface area contributed by atoms with E-state index in [1.807, 2.05) is 6.92 Å². The molecule has 2 heterocycles. The summed E-state index contributed by atoms with van der Waals surface area (Å²) in [4.78, 5) is 26.4. The van der Waals surface area contributed by atoms with Crippen LogP contribution >= 0.6 is 0 Å². The maximum absolute atomic E-state index is 13.8. The maximum Gasteiger partial charge on any atom is 0.410 e. The monoisotopic (exact) mass is 389 g/mol. The number of aromatic nitrogens is 1. The number of hydrogen-bond donors (Lipinski definition) is 2. The Morgan fingerprint density at radius 1 is 1.32 bits per heavy atom. The van der Waals surface area contributed by atoms with E-state index in [0.29, 0.717) is 25.2 Å². The van der Waals surface area contributed by atoms with Gasteiger partial charge >= 0.3 is 6.09 Å². The zero-order valence-corrected chi connectivity index (χ0v) is 15.7. The van der Waals surface area contributed by atoms with E-state index in [1.165, 1.54) is 22.9 Å². The molecule has 0 spiro atoms. The highest BCUT2D eigenvalue weighted by molar-refractivity contribution is 5.68. The quantitative estimate of drug-likeness (QED) is 0.818. The minimum atomic E-state index is -0.662. The summed E-state index contributed by atoms with van der Waals surface area (Å²) in [6.45, 7) is 3.75. The van der Waals surface area contributed by atoms with Crippen molar-refractivity contribution in [2.75, 3.05) is 19.6 Å². The van der Waals surface area contributed by atoms with E-state index in [2.05, 4.69) is 5.32 Å². The van der Waals surface area contributed by atoms with Crippen LogP contribution in [0.1, 0.15) is 24.5 Å². The van der Waals surface area contributed by atoms with E-state index in [1.54, 1.807) is 23.1 Å². The van der Waals surface area contributed by atoms with Gasteiger partial charge in [0.05, 0.1) is 6.54 Å². The van der Waals surface area contributed by atoms with Gasteiger partial charge in [-0.25, -0.2) is 9.18 Å². The van der Waals surface area contributed by atoms with Gasteiger partial charge in [-0.05, 0) is 18.6 Å². The Hall–Kier alpha value is -2.87. The first-order valence-corrected chi connectivity index (χ1v) is 9.30. The third kappa shape index (κ3) is 4.33. The molecule has 3 rings (SSSR count). The predicted octanol–water partition coefficient (Wildman–Crippen LogP) is 2.06. The predicted molar refractivity (Wildman–Crippen MR) is 102 cm³/mol. The lowest BCUT2D eigenvalue weighted by atomic mass is 10.1. The molecule has 1 saturated heterocycles. The second-order valence-electron chi connectivity index (χ2n) is 6.73. The van der Waals surface area contributed by atoms with Gasteiger partial charge in [-0.15, -0.1) is 0 Å². The molecule has 7 nitrogen and oxygen atoms in total. The van der Waals surface area contributed by atoms with Gasteiger partial charge < -0.3 is 24.6 Å². The number of halogens is 1. The van der Waals surface area contributed by atoms with Gasteiger partial charge in [0.15, 0.2) is 5.75 Å². The summed E-state index contributed by atoms with van der Waals surface area (Å²) in [6.07, 6.45) is 1.79. The van der Waals surface area contributed by atoms with Crippen molar-refractivity contribution in [2.24, 2.45) is 0 Å². The Morgan fingerprint density at radius 3 is 2.86 bits per heavy atom. The molecule has 1 aliphatic rings. The van der Waals surface area contributed by atoms with Crippen LogP contribution in [-0.4, -0.2) is 46.3 Å². The van der Waals surface area contributed by atoms with E-state index < -0.39 is 23.2 Å². The zero-order chi connectivity index (χ0) is 20.1. The third-order valence-corrected chi connectivity index (χ3v) is 4.93. The molecule has 1 fully saturated rings. The first-order chi connectivity index (χ1) is 13.5. The molecule has 0 bridgehead atoms. The fourth-order valence-corrected chi connectivity index (χ4v) is 3.24. The van der Waals surface area contributed by atoms with Gasteiger partial charge in [-0.1, -0.05) is 25.1 Å². The van der Waals surface area contributed by atoms with E-state index in [-0.39, 0.29) is 24.8 Å². The average molecular weight is 389 g/mol. The van der Waals surface area contributed by atoms with Crippen LogP contribution in [0.15, 0.2) is 41.3 Å². The maximum atomic E-state index is 13.8. The van der Waals surface area contributed by atoms with Crippen LogP contribution < -0.4 is 10.9 Å². The highest BCUT2D eigenvalue weighted by Crippen LogP contribution is 2.16. The smallest absolute Gasteiger partial charge is 0.410 e. The number of amides is 1. The van der Waals surface area contributed by atoms with Crippen molar-refractivity contribution in [3.63, 3.8) is 0 Å². The Balaban J connectivity index is 1.68. The molecule has 1 amide bonds. The van der Waals surface area contributed by atoms with Crippen molar-refractivity contribution in [3.8, 4) is 5.75 Å². The van der Waals surface area contributed by atoms with Gasteiger partial charge in [-0.2, -0.15) is 0 Å². The normalized spacial score (nSPS) is 16.8. The Kier molecular flexibility index (Phi) is 6.30. The molecule has 1 aromatic carbocycles. The number of hydrogen-bond acceptors (Lipinski definition) is 5. The number of pyridine rings is 1. The first kappa shape index (κ1) is 19.9. The van der Waals surface area contributed by atoms with Gasteiger partial charge in [0, 0.05) is 43.0 Å². The fraction of sp³-hybridized carbons (Fsp3) is 0.400. The molecule has 1 aliphatic heterocycles. The number of benzene rings is 1. The highest BCUT2D eigenvalue weighted by atomic mass is 19.1. The summed E-state index contributed by atoms with van der Waals surface area (Å²) < 4.78 is 20.3. The lowest BCUT2D eigenvalue weighted by Gasteiger charge is -2.34. The molecule has 150 valence electrons. The SMILES string of the molecule is CCC1CNCCN1C(=O)OCc1ccn(Cc2ccccc2F)c(=O)c1O. The van der Waals surface area contributed by atoms with Crippen molar-refractivity contribution < 1.29 is 19.0 Å². The van der Waals surface area contributed by atoms with Crippen molar-refractivity contribution >= 4 is 6.09 Å². The number of carbonyl (C=O) groups excluding carboxylic acids is 1. The highest BCUT2D eigenvalue weighted by Gasteiger charge is 2.26. The lowest BCUT2D eigenvalue weighted by Crippen LogP contribution is -2.53. The number of nitrogens with zero attached hydrogens (tertiary/aromatic N) is 2. The Bertz CT molecular complexity index is 899. The van der Waals surface area contributed by atoms with Crippen LogP contribution in [0.25, 0.3) is 0 Å². The third-order valence-electron chi connectivity index (χ3n) is 4.93. The van der Waals surface area contributed by atoms with Crippen LogP contribution in [0.3, 0.4) is 0 Å². The molecule has 8 heteroatoms. The average Bonchev–Trinajstić information content (AvgIpc) is 2.72. The van der Waals surface area contributed by atoms with E-state index in [4.69, 9.17) is 4.74 Å².